The predicted octanol–water partition coefficient (Wildman–Crippen LogP) is 2.57. The monoisotopic (exact) mass is 288 g/mol. The van der Waals surface area contributed by atoms with Crippen LogP contribution < -0.4 is 0 Å². The lowest BCUT2D eigenvalue weighted by Gasteiger charge is -2.28. The molecule has 1 aliphatic rings. The Morgan fingerprint density at radius 3 is 3.00 bits per heavy atom. The van der Waals surface area contributed by atoms with Gasteiger partial charge in [0.25, 0.3) is 5.91 Å². The fraction of sp³-hybridized carbons (Fsp3) is 0.533. The van der Waals surface area contributed by atoms with Gasteiger partial charge in [-0.3, -0.25) is 4.79 Å². The van der Waals surface area contributed by atoms with Gasteiger partial charge in [0.05, 0.1) is 11.7 Å². The summed E-state index contributed by atoms with van der Waals surface area (Å²) < 4.78 is 7.44. The predicted molar refractivity (Wildman–Crippen MR) is 76.8 cm³/mol. The molecule has 3 rings (SSSR count). The minimum absolute atomic E-state index is 0.00417. The highest BCUT2D eigenvalue weighted by molar-refractivity contribution is 5.92. The number of rotatable bonds is 3. The second-order valence-corrected chi connectivity index (χ2v) is 5.40. The van der Waals surface area contributed by atoms with Crippen molar-refractivity contribution in [2.24, 2.45) is 0 Å². The van der Waals surface area contributed by atoms with Crippen molar-refractivity contribution in [1.29, 1.82) is 0 Å². The van der Waals surface area contributed by atoms with Gasteiger partial charge in [0.1, 0.15) is 5.82 Å². The molecule has 0 saturated heterocycles. The zero-order valence-corrected chi connectivity index (χ0v) is 12.5. The molecule has 0 aromatic carbocycles. The van der Waals surface area contributed by atoms with Crippen LogP contribution >= 0.6 is 0 Å². The van der Waals surface area contributed by atoms with Gasteiger partial charge in [0, 0.05) is 25.5 Å². The van der Waals surface area contributed by atoms with Crippen molar-refractivity contribution in [3.63, 3.8) is 0 Å². The molecular formula is C15H20N4O2. The van der Waals surface area contributed by atoms with Crippen molar-refractivity contribution >= 4 is 5.91 Å². The highest BCUT2D eigenvalue weighted by atomic mass is 16.3. The summed E-state index contributed by atoms with van der Waals surface area (Å²) in [5.74, 6) is 1.23. The van der Waals surface area contributed by atoms with Crippen LogP contribution in [0, 0.1) is 6.92 Å². The quantitative estimate of drug-likeness (QED) is 0.870. The average Bonchev–Trinajstić information content (AvgIpc) is 3.07. The summed E-state index contributed by atoms with van der Waals surface area (Å²) in [5, 5.41) is 0. The van der Waals surface area contributed by atoms with Crippen LogP contribution in [0.5, 0.6) is 0 Å². The third-order valence-corrected chi connectivity index (χ3v) is 3.98. The molecule has 1 atom stereocenters. The number of oxazole rings is 1. The molecule has 0 radical (unpaired) electrons. The number of aryl methyl sites for hydroxylation is 2. The Kier molecular flexibility index (Phi) is 3.77. The number of amides is 1. The van der Waals surface area contributed by atoms with Crippen LogP contribution in [0.4, 0.5) is 0 Å². The summed E-state index contributed by atoms with van der Waals surface area (Å²) in [5.41, 5.74) is 0.642. The number of hydrogen-bond donors (Lipinski definition) is 0. The molecule has 6 heteroatoms. The Labute approximate surface area is 123 Å². The molecule has 0 aliphatic carbocycles. The SMILES string of the molecule is CCCC1c2nccn2CCCN1C(=O)c1ocnc1C. The molecule has 6 nitrogen and oxygen atoms in total. The second-order valence-electron chi connectivity index (χ2n) is 5.40. The van der Waals surface area contributed by atoms with Crippen molar-refractivity contribution in [2.75, 3.05) is 6.54 Å². The highest BCUT2D eigenvalue weighted by Gasteiger charge is 2.32. The lowest BCUT2D eigenvalue weighted by Crippen LogP contribution is -2.35. The van der Waals surface area contributed by atoms with E-state index in [0.717, 1.165) is 31.6 Å². The number of carbonyl (C=O) groups is 1. The maximum absolute atomic E-state index is 12.8. The zero-order chi connectivity index (χ0) is 14.8. The zero-order valence-electron chi connectivity index (χ0n) is 12.5. The third-order valence-electron chi connectivity index (χ3n) is 3.98. The first-order valence-corrected chi connectivity index (χ1v) is 7.44. The molecule has 1 unspecified atom stereocenters. The van der Waals surface area contributed by atoms with E-state index in [0.29, 0.717) is 18.0 Å². The van der Waals surface area contributed by atoms with Crippen LogP contribution in [0.1, 0.15) is 54.3 Å². The molecule has 2 aromatic heterocycles. The first-order valence-electron chi connectivity index (χ1n) is 7.44. The van der Waals surface area contributed by atoms with Crippen molar-refractivity contribution in [1.82, 2.24) is 19.4 Å². The number of nitrogens with zero attached hydrogens (tertiary/aromatic N) is 4. The Morgan fingerprint density at radius 2 is 2.29 bits per heavy atom. The van der Waals surface area contributed by atoms with Crippen LogP contribution in [0.15, 0.2) is 23.2 Å². The maximum atomic E-state index is 12.8. The molecule has 3 heterocycles. The van der Waals surface area contributed by atoms with E-state index in [4.69, 9.17) is 4.42 Å². The van der Waals surface area contributed by atoms with Gasteiger partial charge < -0.3 is 13.9 Å². The number of imidazole rings is 1. The van der Waals surface area contributed by atoms with E-state index in [9.17, 15) is 4.79 Å². The van der Waals surface area contributed by atoms with Gasteiger partial charge in [-0.1, -0.05) is 13.3 Å². The number of fused-ring (bicyclic) bond motifs is 1. The maximum Gasteiger partial charge on any atom is 0.292 e. The van der Waals surface area contributed by atoms with Gasteiger partial charge in [-0.05, 0) is 19.8 Å². The first-order chi connectivity index (χ1) is 10.2. The summed E-state index contributed by atoms with van der Waals surface area (Å²) >= 11 is 0. The third kappa shape index (κ3) is 2.46. The largest absolute Gasteiger partial charge is 0.438 e. The van der Waals surface area contributed by atoms with Crippen molar-refractivity contribution < 1.29 is 9.21 Å². The van der Waals surface area contributed by atoms with Crippen LogP contribution in [0.2, 0.25) is 0 Å². The lowest BCUT2D eigenvalue weighted by atomic mass is 10.1. The van der Waals surface area contributed by atoms with E-state index in [-0.39, 0.29) is 11.9 Å². The standard InChI is InChI=1S/C15H20N4O2/c1-3-5-12-14-16-6-9-18(14)7-4-8-19(12)15(20)13-11(2)17-10-21-13/h6,9-10,12H,3-5,7-8H2,1-2H3. The Balaban J connectivity index is 1.96. The van der Waals surface area contributed by atoms with Gasteiger partial charge in [-0.2, -0.15) is 0 Å². The van der Waals surface area contributed by atoms with Gasteiger partial charge in [-0.25, -0.2) is 9.97 Å². The minimum Gasteiger partial charge on any atom is -0.438 e. The topological polar surface area (TPSA) is 64.2 Å². The van der Waals surface area contributed by atoms with E-state index in [2.05, 4.69) is 21.5 Å². The minimum atomic E-state index is -0.0834. The van der Waals surface area contributed by atoms with Crippen LogP contribution in [-0.2, 0) is 6.54 Å². The number of carbonyl (C=O) groups excluding carboxylic acids is 1. The summed E-state index contributed by atoms with van der Waals surface area (Å²) in [7, 11) is 0. The fourth-order valence-electron chi connectivity index (χ4n) is 2.95. The summed E-state index contributed by atoms with van der Waals surface area (Å²) in [6.45, 7) is 5.53. The van der Waals surface area contributed by atoms with Crippen LogP contribution in [0.3, 0.4) is 0 Å². The molecule has 112 valence electrons. The molecule has 0 saturated carbocycles. The molecule has 1 amide bonds. The first kappa shape index (κ1) is 13.9. The molecule has 0 bridgehead atoms. The Morgan fingerprint density at radius 1 is 1.43 bits per heavy atom. The van der Waals surface area contributed by atoms with Crippen molar-refractivity contribution in [3.05, 3.63) is 36.1 Å². The molecule has 2 aromatic rings. The second kappa shape index (κ2) is 5.71. The van der Waals surface area contributed by atoms with E-state index in [1.54, 1.807) is 6.92 Å². The fourth-order valence-corrected chi connectivity index (χ4v) is 2.95. The average molecular weight is 288 g/mol. The molecular weight excluding hydrogens is 268 g/mol. The van der Waals surface area contributed by atoms with E-state index < -0.39 is 0 Å². The van der Waals surface area contributed by atoms with E-state index in [1.807, 2.05) is 17.3 Å². The Hall–Kier alpha value is -2.11. The van der Waals surface area contributed by atoms with Crippen LogP contribution in [0.25, 0.3) is 0 Å². The van der Waals surface area contributed by atoms with E-state index >= 15 is 0 Å². The molecule has 0 spiro atoms. The molecule has 1 aliphatic heterocycles. The molecule has 0 fully saturated rings. The summed E-state index contributed by atoms with van der Waals surface area (Å²) in [4.78, 5) is 23.2. The van der Waals surface area contributed by atoms with Gasteiger partial charge in [-0.15, -0.1) is 0 Å². The summed E-state index contributed by atoms with van der Waals surface area (Å²) in [6.07, 6.45) is 7.95. The van der Waals surface area contributed by atoms with E-state index in [1.165, 1.54) is 6.39 Å². The normalized spacial score (nSPS) is 18.4. The van der Waals surface area contributed by atoms with Gasteiger partial charge in [0.2, 0.25) is 5.76 Å². The highest BCUT2D eigenvalue weighted by Crippen LogP contribution is 2.29. The molecule has 21 heavy (non-hydrogen) atoms. The lowest BCUT2D eigenvalue weighted by molar-refractivity contribution is 0.0631. The number of hydrogen-bond acceptors (Lipinski definition) is 4. The van der Waals surface area contributed by atoms with Crippen molar-refractivity contribution in [2.45, 2.75) is 45.7 Å². The summed E-state index contributed by atoms with van der Waals surface area (Å²) in [6, 6.07) is 0.00417. The molecule has 0 N–H and O–H groups in total. The van der Waals surface area contributed by atoms with Gasteiger partial charge in [0.15, 0.2) is 6.39 Å². The van der Waals surface area contributed by atoms with Crippen LogP contribution in [-0.4, -0.2) is 31.9 Å². The Bertz CT molecular complexity index is 631. The van der Waals surface area contributed by atoms with Crippen molar-refractivity contribution in [3.8, 4) is 0 Å². The van der Waals surface area contributed by atoms with Gasteiger partial charge >= 0.3 is 0 Å². The smallest absolute Gasteiger partial charge is 0.292 e. The number of aromatic nitrogens is 3.